The van der Waals surface area contributed by atoms with Crippen LogP contribution in [0.4, 0.5) is 0 Å². The maximum absolute atomic E-state index is 12.8. The third-order valence-electron chi connectivity index (χ3n) is 3.75. The number of carbonyl (C=O) groups is 2. The van der Waals surface area contributed by atoms with Gasteiger partial charge < -0.3 is 0 Å². The van der Waals surface area contributed by atoms with Gasteiger partial charge in [0.1, 0.15) is 0 Å². The van der Waals surface area contributed by atoms with Crippen molar-refractivity contribution in [1.82, 2.24) is 10.4 Å². The van der Waals surface area contributed by atoms with Gasteiger partial charge in [0.15, 0.2) is 0 Å². The van der Waals surface area contributed by atoms with E-state index in [4.69, 9.17) is 0 Å². The van der Waals surface area contributed by atoms with E-state index in [9.17, 15) is 9.59 Å². The molecule has 0 heterocycles. The molecule has 0 aliphatic carbocycles. The van der Waals surface area contributed by atoms with Crippen LogP contribution in [0.3, 0.4) is 0 Å². The van der Waals surface area contributed by atoms with Crippen molar-refractivity contribution in [2.75, 3.05) is 0 Å². The summed E-state index contributed by atoms with van der Waals surface area (Å²) in [5.41, 5.74) is 4.33. The summed E-state index contributed by atoms with van der Waals surface area (Å²) < 4.78 is 0. The molecule has 0 saturated heterocycles. The van der Waals surface area contributed by atoms with Gasteiger partial charge in [-0.25, -0.2) is 5.01 Å². The van der Waals surface area contributed by atoms with E-state index in [-0.39, 0.29) is 11.8 Å². The number of aryl methyl sites for hydroxylation is 1. The highest BCUT2D eigenvalue weighted by Crippen LogP contribution is 2.17. The van der Waals surface area contributed by atoms with Gasteiger partial charge in [-0.2, -0.15) is 0 Å². The Morgan fingerprint density at radius 3 is 2.12 bits per heavy atom. The predicted molar refractivity (Wildman–Crippen MR) is 95.7 cm³/mol. The second-order valence-electron chi connectivity index (χ2n) is 6.63. The standard InChI is InChI=1S/C20H24N2O2/c1-5-15-11-9-10-14-17(15)18(23)21-22(20(2,3)4)19(24)16-12-7-6-8-13-16/h6-14H,5H2,1-4H3,(H,21,23). The minimum absolute atomic E-state index is 0.231. The van der Waals surface area contributed by atoms with Crippen LogP contribution in [0.25, 0.3) is 0 Å². The Labute approximate surface area is 143 Å². The van der Waals surface area contributed by atoms with Crippen LogP contribution in [-0.2, 0) is 6.42 Å². The Morgan fingerprint density at radius 2 is 1.54 bits per heavy atom. The van der Waals surface area contributed by atoms with Crippen molar-refractivity contribution >= 4 is 11.8 Å². The molecule has 0 spiro atoms. The molecule has 0 bridgehead atoms. The lowest BCUT2D eigenvalue weighted by Gasteiger charge is -2.35. The number of nitrogens with one attached hydrogen (secondary N) is 1. The van der Waals surface area contributed by atoms with E-state index >= 15 is 0 Å². The number of hydrazine groups is 1. The first kappa shape index (κ1) is 17.7. The van der Waals surface area contributed by atoms with Crippen molar-refractivity contribution < 1.29 is 9.59 Å². The van der Waals surface area contributed by atoms with Crippen molar-refractivity contribution in [3.63, 3.8) is 0 Å². The van der Waals surface area contributed by atoms with Crippen LogP contribution >= 0.6 is 0 Å². The number of nitrogens with zero attached hydrogens (tertiary/aromatic N) is 1. The van der Waals surface area contributed by atoms with E-state index in [1.807, 2.05) is 64.1 Å². The summed E-state index contributed by atoms with van der Waals surface area (Å²) in [5, 5.41) is 1.40. The SMILES string of the molecule is CCc1ccccc1C(=O)NN(C(=O)c1ccccc1)C(C)(C)C. The zero-order valence-electron chi connectivity index (χ0n) is 14.7. The Bertz CT molecular complexity index is 718. The Hall–Kier alpha value is -2.62. The third-order valence-corrected chi connectivity index (χ3v) is 3.75. The molecule has 2 amide bonds. The van der Waals surface area contributed by atoms with Crippen LogP contribution in [0.1, 0.15) is 54.0 Å². The monoisotopic (exact) mass is 324 g/mol. The minimum atomic E-state index is -0.552. The lowest BCUT2D eigenvalue weighted by atomic mass is 10.0. The molecule has 4 heteroatoms. The fraction of sp³-hybridized carbons (Fsp3) is 0.300. The molecule has 0 radical (unpaired) electrons. The van der Waals surface area contributed by atoms with E-state index in [0.717, 1.165) is 12.0 Å². The van der Waals surface area contributed by atoms with Crippen LogP contribution in [-0.4, -0.2) is 22.4 Å². The van der Waals surface area contributed by atoms with Crippen LogP contribution in [0.2, 0.25) is 0 Å². The normalized spacial score (nSPS) is 11.0. The lowest BCUT2D eigenvalue weighted by Crippen LogP contribution is -2.56. The Morgan fingerprint density at radius 1 is 0.958 bits per heavy atom. The largest absolute Gasteiger partial charge is 0.272 e. The summed E-state index contributed by atoms with van der Waals surface area (Å²) in [6.07, 6.45) is 0.756. The first-order chi connectivity index (χ1) is 11.3. The van der Waals surface area contributed by atoms with Crippen molar-refractivity contribution in [3.05, 3.63) is 71.3 Å². The molecule has 0 aliphatic heterocycles. The van der Waals surface area contributed by atoms with Gasteiger partial charge >= 0.3 is 0 Å². The lowest BCUT2D eigenvalue weighted by molar-refractivity contribution is 0.0358. The first-order valence-electron chi connectivity index (χ1n) is 8.13. The van der Waals surface area contributed by atoms with Gasteiger partial charge in [-0.1, -0.05) is 43.3 Å². The molecule has 0 fully saturated rings. The maximum Gasteiger partial charge on any atom is 0.272 e. The zero-order chi connectivity index (χ0) is 17.7. The third kappa shape index (κ3) is 4.02. The van der Waals surface area contributed by atoms with Gasteiger partial charge in [-0.15, -0.1) is 0 Å². The van der Waals surface area contributed by atoms with Crippen molar-refractivity contribution in [1.29, 1.82) is 0 Å². The van der Waals surface area contributed by atoms with Gasteiger partial charge in [0.25, 0.3) is 11.8 Å². The molecule has 2 aromatic carbocycles. The van der Waals surface area contributed by atoms with Crippen molar-refractivity contribution in [2.45, 2.75) is 39.7 Å². The van der Waals surface area contributed by atoms with E-state index < -0.39 is 5.54 Å². The number of rotatable bonds is 3. The van der Waals surface area contributed by atoms with Gasteiger partial charge in [-0.05, 0) is 51.0 Å². The smallest absolute Gasteiger partial charge is 0.267 e. The van der Waals surface area contributed by atoms with Gasteiger partial charge in [0, 0.05) is 11.1 Å². The molecule has 126 valence electrons. The molecular formula is C20H24N2O2. The van der Waals surface area contributed by atoms with Crippen molar-refractivity contribution in [2.24, 2.45) is 0 Å². The zero-order valence-corrected chi connectivity index (χ0v) is 14.7. The summed E-state index contributed by atoms with van der Waals surface area (Å²) >= 11 is 0. The average molecular weight is 324 g/mol. The van der Waals surface area contributed by atoms with Crippen LogP contribution in [0.15, 0.2) is 54.6 Å². The molecule has 4 nitrogen and oxygen atoms in total. The molecular weight excluding hydrogens is 300 g/mol. The number of hydrogen-bond acceptors (Lipinski definition) is 2. The molecule has 0 aliphatic rings. The molecule has 0 saturated carbocycles. The molecule has 0 aromatic heterocycles. The summed E-state index contributed by atoms with van der Waals surface area (Å²) in [7, 11) is 0. The Balaban J connectivity index is 2.30. The molecule has 0 atom stereocenters. The minimum Gasteiger partial charge on any atom is -0.267 e. The second-order valence-corrected chi connectivity index (χ2v) is 6.63. The maximum atomic E-state index is 12.8. The summed E-state index contributed by atoms with van der Waals surface area (Å²) in [5.74, 6) is -0.503. The summed E-state index contributed by atoms with van der Waals surface area (Å²) in [6, 6.07) is 16.4. The van der Waals surface area contributed by atoms with Crippen LogP contribution in [0, 0.1) is 0 Å². The molecule has 0 unspecified atom stereocenters. The number of carbonyl (C=O) groups excluding carboxylic acids is 2. The van der Waals surface area contributed by atoms with E-state index in [0.29, 0.717) is 11.1 Å². The highest BCUT2D eigenvalue weighted by atomic mass is 16.2. The van der Waals surface area contributed by atoms with Gasteiger partial charge in [0.2, 0.25) is 0 Å². The van der Waals surface area contributed by atoms with Gasteiger partial charge in [0.05, 0.1) is 5.54 Å². The van der Waals surface area contributed by atoms with E-state index in [1.165, 1.54) is 5.01 Å². The second kappa shape index (κ2) is 7.30. The highest BCUT2D eigenvalue weighted by molar-refractivity contribution is 6.00. The molecule has 24 heavy (non-hydrogen) atoms. The molecule has 2 rings (SSSR count). The fourth-order valence-corrected chi connectivity index (χ4v) is 2.44. The number of benzene rings is 2. The first-order valence-corrected chi connectivity index (χ1v) is 8.13. The van der Waals surface area contributed by atoms with Crippen molar-refractivity contribution in [3.8, 4) is 0 Å². The predicted octanol–water partition coefficient (Wildman–Crippen LogP) is 3.83. The van der Waals surface area contributed by atoms with Crippen LogP contribution in [0.5, 0.6) is 0 Å². The molecule has 2 aromatic rings. The quantitative estimate of drug-likeness (QED) is 0.872. The molecule has 1 N–H and O–H groups in total. The fourth-order valence-electron chi connectivity index (χ4n) is 2.44. The Kier molecular flexibility index (Phi) is 5.39. The van der Waals surface area contributed by atoms with E-state index in [1.54, 1.807) is 18.2 Å². The van der Waals surface area contributed by atoms with Crippen LogP contribution < -0.4 is 5.43 Å². The summed E-state index contributed by atoms with van der Waals surface area (Å²) in [4.78, 5) is 25.5. The number of hydrogen-bond donors (Lipinski definition) is 1. The number of amides is 2. The van der Waals surface area contributed by atoms with E-state index in [2.05, 4.69) is 5.43 Å². The highest BCUT2D eigenvalue weighted by Gasteiger charge is 2.29. The summed E-state index contributed by atoms with van der Waals surface area (Å²) in [6.45, 7) is 7.67. The topological polar surface area (TPSA) is 49.4 Å². The average Bonchev–Trinajstić information content (AvgIpc) is 2.58. The van der Waals surface area contributed by atoms with Gasteiger partial charge in [-0.3, -0.25) is 15.0 Å².